The third-order valence-electron chi connectivity index (χ3n) is 3.25. The lowest BCUT2D eigenvalue weighted by molar-refractivity contribution is 0.411. The van der Waals surface area contributed by atoms with E-state index in [0.717, 1.165) is 23.4 Å². The van der Waals surface area contributed by atoms with E-state index in [9.17, 15) is 0 Å². The lowest BCUT2D eigenvalue weighted by Crippen LogP contribution is -2.14. The molecule has 0 atom stereocenters. The molecular formula is C16H22N2OS. The standard InChI is InChI=1S/C16H22N2OS/c1-10-8-11(6-7-12(10)19-5)9-13-14(16(2,3)4)18-15(17)20-13/h6-8H,9H2,1-5H3,(H2,17,18). The van der Waals surface area contributed by atoms with Gasteiger partial charge in [-0.15, -0.1) is 11.3 Å². The molecule has 0 bridgehead atoms. The fraction of sp³-hybridized carbons (Fsp3) is 0.438. The van der Waals surface area contributed by atoms with Crippen molar-refractivity contribution in [2.75, 3.05) is 12.8 Å². The van der Waals surface area contributed by atoms with E-state index in [4.69, 9.17) is 10.5 Å². The maximum Gasteiger partial charge on any atom is 0.180 e. The lowest BCUT2D eigenvalue weighted by atomic mass is 9.90. The van der Waals surface area contributed by atoms with Gasteiger partial charge in [-0.1, -0.05) is 32.9 Å². The smallest absolute Gasteiger partial charge is 0.180 e. The second-order valence-electron chi connectivity index (χ2n) is 6.05. The van der Waals surface area contributed by atoms with Gasteiger partial charge < -0.3 is 10.5 Å². The minimum atomic E-state index is 0.0188. The average Bonchev–Trinajstić information content (AvgIpc) is 2.70. The van der Waals surface area contributed by atoms with Crippen molar-refractivity contribution in [3.8, 4) is 5.75 Å². The van der Waals surface area contributed by atoms with Crippen molar-refractivity contribution in [2.24, 2.45) is 0 Å². The minimum absolute atomic E-state index is 0.0188. The maximum atomic E-state index is 5.89. The van der Waals surface area contributed by atoms with Crippen molar-refractivity contribution in [2.45, 2.75) is 39.5 Å². The molecule has 108 valence electrons. The third-order valence-corrected chi connectivity index (χ3v) is 4.13. The van der Waals surface area contributed by atoms with E-state index < -0.39 is 0 Å². The molecule has 20 heavy (non-hydrogen) atoms. The Kier molecular flexibility index (Phi) is 4.04. The summed E-state index contributed by atoms with van der Waals surface area (Å²) in [7, 11) is 1.70. The molecule has 0 saturated carbocycles. The van der Waals surface area contributed by atoms with Gasteiger partial charge in [-0.3, -0.25) is 0 Å². The number of hydrogen-bond donors (Lipinski definition) is 1. The number of nitrogens with two attached hydrogens (primary N) is 1. The number of aromatic nitrogens is 1. The molecule has 0 unspecified atom stereocenters. The molecular weight excluding hydrogens is 268 g/mol. The molecule has 0 saturated heterocycles. The van der Waals surface area contributed by atoms with Crippen molar-refractivity contribution in [1.82, 2.24) is 4.98 Å². The number of hydrogen-bond acceptors (Lipinski definition) is 4. The highest BCUT2D eigenvalue weighted by Crippen LogP contribution is 2.33. The molecule has 1 aromatic carbocycles. The quantitative estimate of drug-likeness (QED) is 0.931. The number of anilines is 1. The van der Waals surface area contributed by atoms with Gasteiger partial charge in [-0.05, 0) is 24.1 Å². The van der Waals surface area contributed by atoms with Crippen LogP contribution in [0, 0.1) is 6.92 Å². The molecule has 2 N–H and O–H groups in total. The summed E-state index contributed by atoms with van der Waals surface area (Å²) in [6.45, 7) is 8.58. The van der Waals surface area contributed by atoms with Crippen molar-refractivity contribution in [3.63, 3.8) is 0 Å². The number of rotatable bonds is 3. The summed E-state index contributed by atoms with van der Waals surface area (Å²) in [5, 5.41) is 0.648. The summed E-state index contributed by atoms with van der Waals surface area (Å²) in [6.07, 6.45) is 0.867. The van der Waals surface area contributed by atoms with Gasteiger partial charge in [0.15, 0.2) is 5.13 Å². The Bertz CT molecular complexity index is 611. The highest BCUT2D eigenvalue weighted by Gasteiger charge is 2.22. The molecule has 4 heteroatoms. The van der Waals surface area contributed by atoms with Crippen LogP contribution in [0.25, 0.3) is 0 Å². The largest absolute Gasteiger partial charge is 0.496 e. The Morgan fingerprint density at radius 3 is 2.55 bits per heavy atom. The molecule has 0 fully saturated rings. The molecule has 0 radical (unpaired) electrons. The first-order valence-corrected chi connectivity index (χ1v) is 7.52. The molecule has 3 nitrogen and oxygen atoms in total. The Morgan fingerprint density at radius 1 is 1.30 bits per heavy atom. The number of aryl methyl sites for hydroxylation is 1. The summed E-state index contributed by atoms with van der Waals surface area (Å²) in [5.41, 5.74) is 9.43. The van der Waals surface area contributed by atoms with Crippen molar-refractivity contribution >= 4 is 16.5 Å². The highest BCUT2D eigenvalue weighted by atomic mass is 32.1. The van der Waals surface area contributed by atoms with E-state index in [1.165, 1.54) is 10.4 Å². The summed E-state index contributed by atoms with van der Waals surface area (Å²) in [6, 6.07) is 6.29. The second-order valence-corrected chi connectivity index (χ2v) is 7.17. The first-order chi connectivity index (χ1) is 9.31. The highest BCUT2D eigenvalue weighted by molar-refractivity contribution is 7.15. The molecule has 2 aromatic rings. The summed E-state index contributed by atoms with van der Waals surface area (Å²) in [4.78, 5) is 5.76. The van der Waals surface area contributed by atoms with Crippen LogP contribution in [-0.2, 0) is 11.8 Å². The predicted molar refractivity (Wildman–Crippen MR) is 85.8 cm³/mol. The van der Waals surface area contributed by atoms with E-state index >= 15 is 0 Å². The van der Waals surface area contributed by atoms with Gasteiger partial charge in [0, 0.05) is 16.7 Å². The van der Waals surface area contributed by atoms with Crippen LogP contribution in [0.2, 0.25) is 0 Å². The van der Waals surface area contributed by atoms with Crippen LogP contribution in [0.1, 0.15) is 42.5 Å². The SMILES string of the molecule is COc1ccc(Cc2sc(N)nc2C(C)(C)C)cc1C. The van der Waals surface area contributed by atoms with Crippen LogP contribution in [0.5, 0.6) is 5.75 Å². The van der Waals surface area contributed by atoms with Gasteiger partial charge in [0.2, 0.25) is 0 Å². The molecule has 2 rings (SSSR count). The molecule has 1 aromatic heterocycles. The van der Waals surface area contributed by atoms with Crippen molar-refractivity contribution < 1.29 is 4.74 Å². The van der Waals surface area contributed by atoms with Gasteiger partial charge >= 0.3 is 0 Å². The van der Waals surface area contributed by atoms with Gasteiger partial charge in [-0.25, -0.2) is 4.98 Å². The zero-order chi connectivity index (χ0) is 14.9. The number of benzene rings is 1. The summed E-state index contributed by atoms with van der Waals surface area (Å²) < 4.78 is 5.30. The summed E-state index contributed by atoms with van der Waals surface area (Å²) >= 11 is 1.59. The topological polar surface area (TPSA) is 48.1 Å². The maximum absolute atomic E-state index is 5.89. The van der Waals surface area contributed by atoms with Crippen molar-refractivity contribution in [1.29, 1.82) is 0 Å². The Morgan fingerprint density at radius 2 is 2.00 bits per heavy atom. The Balaban J connectivity index is 2.33. The summed E-state index contributed by atoms with van der Waals surface area (Å²) in [5.74, 6) is 0.925. The van der Waals surface area contributed by atoms with Gasteiger partial charge in [0.25, 0.3) is 0 Å². The van der Waals surface area contributed by atoms with Crippen LogP contribution in [0.3, 0.4) is 0 Å². The van der Waals surface area contributed by atoms with E-state index in [2.05, 4.69) is 44.8 Å². The van der Waals surface area contributed by atoms with Crippen LogP contribution < -0.4 is 10.5 Å². The zero-order valence-corrected chi connectivity index (χ0v) is 13.6. The number of nitrogen functional groups attached to an aromatic ring is 1. The molecule has 0 aliphatic carbocycles. The van der Waals surface area contributed by atoms with Crippen LogP contribution >= 0.6 is 11.3 Å². The van der Waals surface area contributed by atoms with Crippen LogP contribution in [0.4, 0.5) is 5.13 Å². The van der Waals surface area contributed by atoms with Crippen LogP contribution in [-0.4, -0.2) is 12.1 Å². The van der Waals surface area contributed by atoms with Crippen LogP contribution in [0.15, 0.2) is 18.2 Å². The third kappa shape index (κ3) is 3.12. The normalized spacial score (nSPS) is 11.7. The van der Waals surface area contributed by atoms with Crippen molar-refractivity contribution in [3.05, 3.63) is 39.9 Å². The second kappa shape index (κ2) is 5.44. The van der Waals surface area contributed by atoms with E-state index in [1.807, 2.05) is 6.07 Å². The number of methoxy groups -OCH3 is 1. The number of thiazole rings is 1. The first-order valence-electron chi connectivity index (χ1n) is 6.70. The van der Waals surface area contributed by atoms with Gasteiger partial charge in [0.05, 0.1) is 12.8 Å². The van der Waals surface area contributed by atoms with E-state index in [1.54, 1.807) is 18.4 Å². The molecule has 1 heterocycles. The molecule has 0 spiro atoms. The monoisotopic (exact) mass is 290 g/mol. The Labute approximate surface area is 124 Å². The fourth-order valence-corrected chi connectivity index (χ4v) is 3.39. The first kappa shape index (κ1) is 14.9. The fourth-order valence-electron chi connectivity index (χ4n) is 2.31. The number of ether oxygens (including phenoxy) is 1. The molecule has 0 amide bonds. The van der Waals surface area contributed by atoms with Gasteiger partial charge in [-0.2, -0.15) is 0 Å². The molecule has 0 aliphatic heterocycles. The Hall–Kier alpha value is -1.55. The predicted octanol–water partition coefficient (Wildman–Crippen LogP) is 3.93. The van der Waals surface area contributed by atoms with Gasteiger partial charge in [0.1, 0.15) is 5.75 Å². The average molecular weight is 290 g/mol. The zero-order valence-electron chi connectivity index (χ0n) is 12.8. The minimum Gasteiger partial charge on any atom is -0.496 e. The van der Waals surface area contributed by atoms with E-state index in [0.29, 0.717) is 5.13 Å². The van der Waals surface area contributed by atoms with E-state index in [-0.39, 0.29) is 5.41 Å². The lowest BCUT2D eigenvalue weighted by Gasteiger charge is -2.17. The molecule has 0 aliphatic rings. The number of nitrogens with zero attached hydrogens (tertiary/aromatic N) is 1.